The van der Waals surface area contributed by atoms with Crippen LogP contribution >= 0.6 is 0 Å². The zero-order valence-corrected chi connectivity index (χ0v) is 11.7. The third-order valence-electron chi connectivity index (χ3n) is 2.90. The lowest BCUT2D eigenvalue weighted by Gasteiger charge is -2.16. The second-order valence-electron chi connectivity index (χ2n) is 4.26. The van der Waals surface area contributed by atoms with Crippen molar-refractivity contribution in [1.82, 2.24) is 0 Å². The van der Waals surface area contributed by atoms with Gasteiger partial charge in [-0.25, -0.2) is 9.18 Å². The van der Waals surface area contributed by atoms with E-state index in [0.717, 1.165) is 13.2 Å². The molecule has 0 radical (unpaired) electrons. The summed E-state index contributed by atoms with van der Waals surface area (Å²) in [4.78, 5) is 21.7. The molecular formula is C14H15FN2O4. The second-order valence-corrected chi connectivity index (χ2v) is 4.26. The van der Waals surface area contributed by atoms with Crippen molar-refractivity contribution in [2.75, 3.05) is 12.4 Å². The fourth-order valence-electron chi connectivity index (χ4n) is 1.76. The zero-order valence-electron chi connectivity index (χ0n) is 11.7. The van der Waals surface area contributed by atoms with E-state index >= 15 is 0 Å². The Balaban J connectivity index is 3.29. The lowest BCUT2D eigenvalue weighted by Crippen LogP contribution is -2.19. The van der Waals surface area contributed by atoms with Crippen molar-refractivity contribution in [3.8, 4) is 12.3 Å². The largest absolute Gasteiger partial charge is 0.465 e. The van der Waals surface area contributed by atoms with Crippen molar-refractivity contribution in [3.05, 3.63) is 33.6 Å². The Morgan fingerprint density at radius 3 is 2.76 bits per heavy atom. The molecule has 21 heavy (non-hydrogen) atoms. The number of halogens is 1. The van der Waals surface area contributed by atoms with Gasteiger partial charge in [0.05, 0.1) is 23.7 Å². The summed E-state index contributed by atoms with van der Waals surface area (Å²) in [6, 6.07) is 1.54. The van der Waals surface area contributed by atoms with Crippen LogP contribution < -0.4 is 5.32 Å². The number of anilines is 1. The van der Waals surface area contributed by atoms with E-state index in [-0.39, 0.29) is 17.3 Å². The molecule has 0 aliphatic rings. The van der Waals surface area contributed by atoms with Crippen molar-refractivity contribution in [1.29, 1.82) is 0 Å². The number of nitrogens with one attached hydrogen (secondary N) is 1. The first-order chi connectivity index (χ1) is 9.94. The van der Waals surface area contributed by atoms with Gasteiger partial charge in [0, 0.05) is 12.5 Å². The van der Waals surface area contributed by atoms with Gasteiger partial charge in [0.15, 0.2) is 0 Å². The van der Waals surface area contributed by atoms with Crippen LogP contribution in [0.15, 0.2) is 12.1 Å². The van der Waals surface area contributed by atoms with Crippen LogP contribution in [-0.2, 0) is 4.74 Å². The van der Waals surface area contributed by atoms with Gasteiger partial charge >= 0.3 is 5.97 Å². The molecular weight excluding hydrogens is 279 g/mol. The molecule has 0 saturated heterocycles. The van der Waals surface area contributed by atoms with Crippen LogP contribution in [0.25, 0.3) is 0 Å². The highest BCUT2D eigenvalue weighted by atomic mass is 19.1. The van der Waals surface area contributed by atoms with E-state index in [1.807, 2.05) is 6.92 Å². The summed E-state index contributed by atoms with van der Waals surface area (Å²) < 4.78 is 18.2. The number of benzene rings is 1. The van der Waals surface area contributed by atoms with Crippen molar-refractivity contribution in [2.24, 2.45) is 0 Å². The Morgan fingerprint density at radius 1 is 1.62 bits per heavy atom. The molecule has 0 bridgehead atoms. The van der Waals surface area contributed by atoms with Crippen molar-refractivity contribution in [3.63, 3.8) is 0 Å². The molecule has 1 N–H and O–H groups in total. The molecule has 0 saturated carbocycles. The third-order valence-corrected chi connectivity index (χ3v) is 2.90. The number of nitrogens with zero attached hydrogens (tertiary/aromatic N) is 1. The molecule has 1 aromatic carbocycles. The minimum Gasteiger partial charge on any atom is -0.465 e. The van der Waals surface area contributed by atoms with Crippen LogP contribution in [-0.4, -0.2) is 24.0 Å². The molecule has 0 amide bonds. The highest BCUT2D eigenvalue weighted by Crippen LogP contribution is 2.29. The Bertz CT molecular complexity index is 595. The van der Waals surface area contributed by atoms with Gasteiger partial charge in [0.1, 0.15) is 11.5 Å². The van der Waals surface area contributed by atoms with Gasteiger partial charge in [-0.1, -0.05) is 6.92 Å². The average Bonchev–Trinajstić information content (AvgIpc) is 2.46. The van der Waals surface area contributed by atoms with E-state index in [1.165, 1.54) is 0 Å². The van der Waals surface area contributed by atoms with Crippen molar-refractivity contribution >= 4 is 17.3 Å². The van der Waals surface area contributed by atoms with E-state index in [9.17, 15) is 19.3 Å². The first-order valence-corrected chi connectivity index (χ1v) is 6.20. The second kappa shape index (κ2) is 7.24. The predicted octanol–water partition coefficient (Wildman–Crippen LogP) is 2.73. The fraction of sp³-hybridized carbons (Fsp3) is 0.357. The van der Waals surface area contributed by atoms with Crippen LogP contribution in [0.3, 0.4) is 0 Å². The van der Waals surface area contributed by atoms with Gasteiger partial charge in [0.2, 0.25) is 0 Å². The smallest absolute Gasteiger partial charge is 0.340 e. The summed E-state index contributed by atoms with van der Waals surface area (Å²) >= 11 is 0. The first-order valence-electron chi connectivity index (χ1n) is 6.20. The van der Waals surface area contributed by atoms with E-state index in [0.29, 0.717) is 18.9 Å². The van der Waals surface area contributed by atoms with E-state index in [1.54, 1.807) is 0 Å². The fourth-order valence-corrected chi connectivity index (χ4v) is 1.76. The van der Waals surface area contributed by atoms with Crippen LogP contribution in [0, 0.1) is 28.3 Å². The molecule has 1 unspecified atom stereocenters. The van der Waals surface area contributed by atoms with Gasteiger partial charge in [0.25, 0.3) is 5.69 Å². The van der Waals surface area contributed by atoms with Gasteiger partial charge in [-0.2, -0.15) is 0 Å². The maximum absolute atomic E-state index is 13.7. The Hall–Kier alpha value is -2.62. The predicted molar refractivity (Wildman–Crippen MR) is 75.5 cm³/mol. The molecule has 0 heterocycles. The number of nitro benzene ring substituents is 1. The lowest BCUT2D eigenvalue weighted by atomic mass is 10.1. The molecule has 0 fully saturated rings. The lowest BCUT2D eigenvalue weighted by molar-refractivity contribution is -0.384. The number of carbonyl (C=O) groups excluding carboxylic acids is 1. The minimum absolute atomic E-state index is 0.0314. The number of nitro groups is 1. The third kappa shape index (κ3) is 3.92. The maximum Gasteiger partial charge on any atom is 0.340 e. The Morgan fingerprint density at radius 2 is 2.29 bits per heavy atom. The number of terminal acetylenes is 1. The zero-order chi connectivity index (χ0) is 16.0. The van der Waals surface area contributed by atoms with E-state index in [4.69, 9.17) is 6.42 Å². The molecule has 1 aromatic rings. The Kier molecular flexibility index (Phi) is 5.67. The summed E-state index contributed by atoms with van der Waals surface area (Å²) in [5.74, 6) is 0.532. The molecule has 0 spiro atoms. The van der Waals surface area contributed by atoms with Gasteiger partial charge in [-0.05, 0) is 12.5 Å². The summed E-state index contributed by atoms with van der Waals surface area (Å²) in [6.07, 6.45) is 6.19. The number of ether oxygens (including phenoxy) is 1. The van der Waals surface area contributed by atoms with E-state index < -0.39 is 22.4 Å². The quantitative estimate of drug-likeness (QED) is 0.377. The molecule has 0 aromatic heterocycles. The van der Waals surface area contributed by atoms with Gasteiger partial charge < -0.3 is 10.1 Å². The molecule has 0 aliphatic carbocycles. The number of hydrogen-bond acceptors (Lipinski definition) is 5. The highest BCUT2D eigenvalue weighted by Gasteiger charge is 2.23. The molecule has 112 valence electrons. The standard InChI is InChI=1S/C14H15FN2O4/c1-4-6-9(5-2)16-12-7-10(14(18)21-3)11(15)8-13(12)17(19)20/h1,7-9,16H,5-6H2,2-3H3. The Labute approximate surface area is 121 Å². The number of rotatable bonds is 6. The SMILES string of the molecule is C#CCC(CC)Nc1cc(C(=O)OC)c(F)cc1[N+](=O)[O-]. The van der Waals surface area contributed by atoms with Gasteiger partial charge in [-0.15, -0.1) is 12.3 Å². The van der Waals surface area contributed by atoms with Crippen LogP contribution in [0.4, 0.5) is 15.8 Å². The average molecular weight is 294 g/mol. The van der Waals surface area contributed by atoms with Crippen LogP contribution in [0.2, 0.25) is 0 Å². The van der Waals surface area contributed by atoms with Gasteiger partial charge in [-0.3, -0.25) is 10.1 Å². The normalized spacial score (nSPS) is 11.3. The number of hydrogen-bond donors (Lipinski definition) is 1. The van der Waals surface area contributed by atoms with Crippen molar-refractivity contribution in [2.45, 2.75) is 25.8 Å². The topological polar surface area (TPSA) is 81.5 Å². The molecule has 0 aliphatic heterocycles. The van der Waals surface area contributed by atoms with E-state index in [2.05, 4.69) is 16.0 Å². The van der Waals surface area contributed by atoms with Crippen LogP contribution in [0.1, 0.15) is 30.1 Å². The summed E-state index contributed by atoms with van der Waals surface area (Å²) in [7, 11) is 1.10. The van der Waals surface area contributed by atoms with Crippen LogP contribution in [0.5, 0.6) is 0 Å². The maximum atomic E-state index is 13.7. The molecule has 7 heteroatoms. The summed E-state index contributed by atoms with van der Waals surface area (Å²) in [5, 5.41) is 13.9. The number of methoxy groups -OCH3 is 1. The number of esters is 1. The minimum atomic E-state index is -1.01. The number of carbonyl (C=O) groups is 1. The summed E-state index contributed by atoms with van der Waals surface area (Å²) in [6.45, 7) is 1.85. The molecule has 1 rings (SSSR count). The summed E-state index contributed by atoms with van der Waals surface area (Å²) in [5.41, 5.74) is -0.805. The monoisotopic (exact) mass is 294 g/mol. The van der Waals surface area contributed by atoms with Crippen molar-refractivity contribution < 1.29 is 18.8 Å². The first kappa shape index (κ1) is 16.4. The molecule has 1 atom stereocenters. The molecule has 6 nitrogen and oxygen atoms in total. The highest BCUT2D eigenvalue weighted by molar-refractivity contribution is 5.92.